The molecule has 6 heteroatoms. The van der Waals surface area contributed by atoms with Crippen LogP contribution in [0.4, 0.5) is 5.13 Å². The molecule has 0 saturated heterocycles. The number of amides is 1. The van der Waals surface area contributed by atoms with Gasteiger partial charge in [-0.15, -0.1) is 11.3 Å². The maximum absolute atomic E-state index is 12.2. The highest BCUT2D eigenvalue weighted by Gasteiger charge is 2.18. The zero-order chi connectivity index (χ0) is 20.1. The fourth-order valence-corrected chi connectivity index (χ4v) is 4.20. The van der Waals surface area contributed by atoms with Crippen LogP contribution in [0.5, 0.6) is 5.75 Å². The molecule has 148 valence electrons. The molecule has 0 aliphatic carbocycles. The second-order valence-electron chi connectivity index (χ2n) is 7.04. The van der Waals surface area contributed by atoms with Crippen LogP contribution in [0.2, 0.25) is 0 Å². The van der Waals surface area contributed by atoms with Crippen molar-refractivity contribution >= 4 is 28.5 Å². The van der Waals surface area contributed by atoms with E-state index < -0.39 is 0 Å². The first-order valence-corrected chi connectivity index (χ1v) is 10.4. The maximum atomic E-state index is 12.2. The first kappa shape index (κ1) is 19.4. The van der Waals surface area contributed by atoms with Crippen molar-refractivity contribution in [1.82, 2.24) is 9.88 Å². The monoisotopic (exact) mass is 405 g/mol. The van der Waals surface area contributed by atoms with Crippen molar-refractivity contribution in [3.05, 3.63) is 82.4 Å². The Labute approximate surface area is 174 Å². The molecule has 1 aliphatic heterocycles. The van der Waals surface area contributed by atoms with Crippen molar-refractivity contribution in [2.75, 3.05) is 18.9 Å². The number of nitrogens with one attached hydrogen (secondary N) is 1. The molecule has 5 nitrogen and oxygen atoms in total. The second kappa shape index (κ2) is 9.03. The largest absolute Gasteiger partial charge is 0.489 e. The first-order chi connectivity index (χ1) is 14.2. The molecule has 1 aromatic heterocycles. The lowest BCUT2D eigenvalue weighted by atomic mass is 10.2. The Morgan fingerprint density at radius 1 is 1.21 bits per heavy atom. The summed E-state index contributed by atoms with van der Waals surface area (Å²) >= 11 is 1.56. The van der Waals surface area contributed by atoms with Gasteiger partial charge >= 0.3 is 0 Å². The zero-order valence-electron chi connectivity index (χ0n) is 16.3. The average Bonchev–Trinajstić information content (AvgIpc) is 3.13. The van der Waals surface area contributed by atoms with Crippen LogP contribution in [0.1, 0.15) is 21.7 Å². The van der Waals surface area contributed by atoms with Crippen LogP contribution < -0.4 is 10.1 Å². The van der Waals surface area contributed by atoms with Gasteiger partial charge in [-0.1, -0.05) is 42.5 Å². The molecule has 4 rings (SSSR count). The maximum Gasteiger partial charge on any atom is 0.250 e. The fourth-order valence-electron chi connectivity index (χ4n) is 3.11. The van der Waals surface area contributed by atoms with Crippen LogP contribution in [-0.2, 0) is 24.4 Å². The molecule has 1 amide bonds. The minimum atomic E-state index is -0.172. The van der Waals surface area contributed by atoms with Gasteiger partial charge < -0.3 is 9.64 Å². The van der Waals surface area contributed by atoms with Gasteiger partial charge in [-0.05, 0) is 36.4 Å². The van der Waals surface area contributed by atoms with Gasteiger partial charge in [0.25, 0.3) is 0 Å². The smallest absolute Gasteiger partial charge is 0.250 e. The molecule has 3 aromatic rings. The van der Waals surface area contributed by atoms with Crippen molar-refractivity contribution in [1.29, 1.82) is 0 Å². The van der Waals surface area contributed by atoms with E-state index in [4.69, 9.17) is 4.74 Å². The predicted octanol–water partition coefficient (Wildman–Crippen LogP) is 4.36. The zero-order valence-corrected chi connectivity index (χ0v) is 17.1. The standard InChI is InChI=1S/C23H23N3O2S/c1-26-14-13-20-21(15-26)29-23(24-20)25-22(27)12-9-17-7-10-19(11-8-17)28-16-18-5-3-2-4-6-18/h2-12H,13-16H2,1H3,(H,24,25,27)/b12-9+. The summed E-state index contributed by atoms with van der Waals surface area (Å²) in [5.74, 6) is 0.627. The molecule has 0 saturated carbocycles. The number of thiazole rings is 1. The van der Waals surface area contributed by atoms with E-state index in [0.29, 0.717) is 11.7 Å². The van der Waals surface area contributed by atoms with Crippen molar-refractivity contribution in [2.45, 2.75) is 19.6 Å². The Balaban J connectivity index is 1.30. The Bertz CT molecular complexity index is 997. The summed E-state index contributed by atoms with van der Waals surface area (Å²) in [5.41, 5.74) is 3.18. The lowest BCUT2D eigenvalue weighted by Crippen LogP contribution is -2.25. The summed E-state index contributed by atoms with van der Waals surface area (Å²) in [7, 11) is 2.10. The van der Waals surface area contributed by atoms with E-state index in [0.717, 1.165) is 42.1 Å². The molecule has 0 fully saturated rings. The highest BCUT2D eigenvalue weighted by molar-refractivity contribution is 7.15. The summed E-state index contributed by atoms with van der Waals surface area (Å²) in [6, 6.07) is 17.7. The first-order valence-electron chi connectivity index (χ1n) is 9.59. The number of fused-ring (bicyclic) bond motifs is 1. The van der Waals surface area contributed by atoms with Crippen molar-refractivity contribution in [3.8, 4) is 5.75 Å². The molecule has 29 heavy (non-hydrogen) atoms. The van der Waals surface area contributed by atoms with Gasteiger partial charge in [0.2, 0.25) is 5.91 Å². The predicted molar refractivity (Wildman–Crippen MR) is 117 cm³/mol. The lowest BCUT2D eigenvalue weighted by Gasteiger charge is -2.20. The third-order valence-electron chi connectivity index (χ3n) is 4.71. The number of anilines is 1. The van der Waals surface area contributed by atoms with E-state index in [1.807, 2.05) is 54.6 Å². The Hall–Kier alpha value is -2.96. The lowest BCUT2D eigenvalue weighted by molar-refractivity contribution is -0.111. The van der Waals surface area contributed by atoms with Crippen LogP contribution in [0.25, 0.3) is 6.08 Å². The number of hydrogen-bond donors (Lipinski definition) is 1. The molecule has 2 heterocycles. The normalized spacial score (nSPS) is 14.0. The van der Waals surface area contributed by atoms with Gasteiger partial charge in [-0.25, -0.2) is 4.98 Å². The molecule has 0 radical (unpaired) electrons. The van der Waals surface area contributed by atoms with E-state index in [2.05, 4.69) is 22.2 Å². The third kappa shape index (κ3) is 5.31. The number of benzene rings is 2. The van der Waals surface area contributed by atoms with Gasteiger partial charge in [0.05, 0.1) is 5.69 Å². The van der Waals surface area contributed by atoms with Crippen molar-refractivity contribution in [3.63, 3.8) is 0 Å². The Morgan fingerprint density at radius 2 is 2.00 bits per heavy atom. The average molecular weight is 406 g/mol. The highest BCUT2D eigenvalue weighted by atomic mass is 32.1. The summed E-state index contributed by atoms with van der Waals surface area (Å²) in [6.07, 6.45) is 4.26. The number of rotatable bonds is 6. The minimum absolute atomic E-state index is 0.172. The van der Waals surface area contributed by atoms with Crippen molar-refractivity contribution in [2.24, 2.45) is 0 Å². The third-order valence-corrected chi connectivity index (χ3v) is 5.71. The molecule has 1 N–H and O–H groups in total. The summed E-state index contributed by atoms with van der Waals surface area (Å²) in [6.45, 7) is 2.44. The second-order valence-corrected chi connectivity index (χ2v) is 8.13. The SMILES string of the molecule is CN1CCc2nc(NC(=O)/C=C/c3ccc(OCc4ccccc4)cc3)sc2C1. The van der Waals surface area contributed by atoms with E-state index in [9.17, 15) is 4.79 Å². The van der Waals surface area contributed by atoms with E-state index in [-0.39, 0.29) is 5.91 Å². The molecule has 0 bridgehead atoms. The highest BCUT2D eigenvalue weighted by Crippen LogP contribution is 2.27. The topological polar surface area (TPSA) is 54.5 Å². The minimum Gasteiger partial charge on any atom is -0.489 e. The van der Waals surface area contributed by atoms with Gasteiger partial charge in [-0.3, -0.25) is 10.1 Å². The Morgan fingerprint density at radius 3 is 2.79 bits per heavy atom. The van der Waals surface area contributed by atoms with Crippen LogP contribution >= 0.6 is 11.3 Å². The number of carbonyl (C=O) groups excluding carboxylic acids is 1. The summed E-state index contributed by atoms with van der Waals surface area (Å²) < 4.78 is 5.79. The van der Waals surface area contributed by atoms with Crippen LogP contribution in [0.3, 0.4) is 0 Å². The van der Waals surface area contributed by atoms with E-state index >= 15 is 0 Å². The molecule has 2 aromatic carbocycles. The van der Waals surface area contributed by atoms with E-state index in [1.165, 1.54) is 11.0 Å². The molecule has 1 aliphatic rings. The molecular weight excluding hydrogens is 382 g/mol. The van der Waals surface area contributed by atoms with Gasteiger partial charge in [0.15, 0.2) is 5.13 Å². The summed E-state index contributed by atoms with van der Waals surface area (Å²) in [4.78, 5) is 20.3. The van der Waals surface area contributed by atoms with Crippen LogP contribution in [0, 0.1) is 0 Å². The van der Waals surface area contributed by atoms with Crippen molar-refractivity contribution < 1.29 is 9.53 Å². The molecule has 0 atom stereocenters. The quantitative estimate of drug-likeness (QED) is 0.619. The Kier molecular flexibility index (Phi) is 6.03. The van der Waals surface area contributed by atoms with Gasteiger partial charge in [-0.2, -0.15) is 0 Å². The number of aromatic nitrogens is 1. The van der Waals surface area contributed by atoms with Gasteiger partial charge in [0.1, 0.15) is 12.4 Å². The van der Waals surface area contributed by atoms with Gasteiger partial charge in [0, 0.05) is 30.5 Å². The summed E-state index contributed by atoms with van der Waals surface area (Å²) in [5, 5.41) is 3.54. The number of nitrogens with zero attached hydrogens (tertiary/aromatic N) is 2. The van der Waals surface area contributed by atoms with Crippen LogP contribution in [0.15, 0.2) is 60.7 Å². The number of likely N-dealkylation sites (N-methyl/N-ethyl adjacent to an activating group) is 1. The number of carbonyl (C=O) groups is 1. The van der Waals surface area contributed by atoms with E-state index in [1.54, 1.807) is 17.4 Å². The number of ether oxygens (including phenoxy) is 1. The molecule has 0 spiro atoms. The molecule has 0 unspecified atom stereocenters. The van der Waals surface area contributed by atoms with Crippen LogP contribution in [-0.4, -0.2) is 29.4 Å². The molecular formula is C23H23N3O2S. The fraction of sp³-hybridized carbons (Fsp3) is 0.217. The number of hydrogen-bond acceptors (Lipinski definition) is 5.